The van der Waals surface area contributed by atoms with Crippen LogP contribution in [0.2, 0.25) is 0 Å². The highest BCUT2D eigenvalue weighted by Crippen LogP contribution is 2.15. The largest absolute Gasteiger partial charge is 0.497 e. The van der Waals surface area contributed by atoms with Crippen LogP contribution < -0.4 is 94.0 Å². The van der Waals surface area contributed by atoms with Crippen molar-refractivity contribution in [3.63, 3.8) is 0 Å². The van der Waals surface area contributed by atoms with Gasteiger partial charge in [-0.05, 0) is 35.4 Å². The van der Waals surface area contributed by atoms with E-state index in [1.54, 1.807) is 30.3 Å². The number of amides is 7. The smallest absolute Gasteiger partial charge is 0.272 e. The number of rotatable bonds is 21. The number of hydrogen-bond donors (Lipinski definition) is 17. The summed E-state index contributed by atoms with van der Waals surface area (Å²) in [4.78, 5) is 109. The van der Waals surface area contributed by atoms with Crippen molar-refractivity contribution >= 4 is 71.4 Å². The molecule has 0 aromatic heterocycles. The van der Waals surface area contributed by atoms with Crippen molar-refractivity contribution in [1.29, 1.82) is 0 Å². The lowest BCUT2D eigenvalue weighted by molar-refractivity contribution is -0.136. The van der Waals surface area contributed by atoms with Gasteiger partial charge in [0.1, 0.15) is 11.8 Å². The molecule has 7 amide bonds. The van der Waals surface area contributed by atoms with Gasteiger partial charge in [-0.3, -0.25) is 38.6 Å². The minimum atomic E-state index is -2.18. The summed E-state index contributed by atoms with van der Waals surface area (Å²) in [5.74, 6) is -11.5. The lowest BCUT2D eigenvalue weighted by atomic mass is 10.1. The fraction of sp³-hybridized carbons (Fsp3) is 0.250. The number of nitrogens with zero attached hydrogens (tertiary/aromatic N) is 5. The molecule has 0 radical (unpaired) electrons. The normalized spacial score (nSPS) is 13.9. The Labute approximate surface area is 350 Å². The Kier molecular flexibility index (Phi) is 18.8. The lowest BCUT2D eigenvalue weighted by Gasteiger charge is -2.24. The zero-order valence-electron chi connectivity index (χ0n) is 32.5. The predicted molar refractivity (Wildman–Crippen MR) is 220 cm³/mol. The number of hydrogen-bond acceptors (Lipinski definition) is 15. The first-order chi connectivity index (χ1) is 29.1. The van der Waals surface area contributed by atoms with Crippen molar-refractivity contribution in [2.75, 3.05) is 7.11 Å². The minimum absolute atomic E-state index is 0.144. The van der Waals surface area contributed by atoms with Gasteiger partial charge in [-0.1, -0.05) is 30.3 Å². The molecule has 0 saturated heterocycles. The van der Waals surface area contributed by atoms with Crippen molar-refractivity contribution in [1.82, 2.24) is 31.9 Å². The summed E-state index contributed by atoms with van der Waals surface area (Å²) < 4.78 is 5.09. The molecule has 0 aliphatic rings. The first-order valence-electron chi connectivity index (χ1n) is 17.2. The number of nitrogens with one attached hydrogen (secondary N) is 6. The van der Waals surface area contributed by atoms with Crippen LogP contribution in [0.5, 0.6) is 5.75 Å². The van der Waals surface area contributed by atoms with Crippen LogP contribution in [0.3, 0.4) is 0 Å². The van der Waals surface area contributed by atoms with Gasteiger partial charge in [0.2, 0.25) is 36.8 Å². The number of carbonyl (C=O) groups excluding carboxylic acids is 7. The molecule has 27 N–H and O–H groups in total. The third kappa shape index (κ3) is 16.6. The molecule has 2 rings (SSSR count). The monoisotopic (exact) mass is 869 g/mol. The second-order valence-corrected chi connectivity index (χ2v) is 12.0. The molecule has 334 valence electrons. The average molecular weight is 870 g/mol. The highest BCUT2D eigenvalue weighted by Gasteiger charge is 2.34. The topological polar surface area (TPSA) is 543 Å². The van der Waals surface area contributed by atoms with Gasteiger partial charge in [-0.25, -0.2) is 20.0 Å². The zero-order chi connectivity index (χ0) is 46.7. The molecule has 30 nitrogen and oxygen atoms in total. The Balaban J connectivity index is 2.38. The molecule has 0 bridgehead atoms. The van der Waals surface area contributed by atoms with E-state index in [4.69, 9.17) is 62.1 Å². The average Bonchev–Trinajstić information content (AvgIpc) is 3.20. The molecule has 0 aliphatic carbocycles. The van der Waals surface area contributed by atoms with Crippen LogP contribution in [-0.4, -0.2) is 121 Å². The van der Waals surface area contributed by atoms with Crippen LogP contribution in [0.4, 0.5) is 0 Å². The van der Waals surface area contributed by atoms with Gasteiger partial charge in [0.05, 0.1) is 7.11 Å². The fourth-order valence-electron chi connectivity index (χ4n) is 4.46. The van der Waals surface area contributed by atoms with E-state index in [1.807, 2.05) is 21.3 Å². The van der Waals surface area contributed by atoms with E-state index in [9.17, 15) is 38.7 Å². The van der Waals surface area contributed by atoms with Crippen molar-refractivity contribution < 1.29 is 43.4 Å². The maximum atomic E-state index is 13.8. The molecule has 0 heterocycles. The van der Waals surface area contributed by atoms with Gasteiger partial charge in [0.15, 0.2) is 30.0 Å². The summed E-state index contributed by atoms with van der Waals surface area (Å²) in [6.07, 6.45) is -11.0. The van der Waals surface area contributed by atoms with Crippen LogP contribution >= 0.6 is 0 Å². The standard InChI is InChI=1S/C32H47N21O9/c1-62-14-9-7-12(8-10-14)11-43-27(60)28(61)44-15(13-5-3-2-4-6-13)22(55)46-19(51-30(37)38)24(57)48-21(53-32(41)42)26(59)49-20(52-31(39)40)25(58)47-18(50-29(35)36)23(56)45-16(33)17(34)54/h2-11,15-16,18-21,27,60H,33H2,1H3,(H2,34,54)(H,44,61)(H,45,56)(H,46,55)(H,47,58)(H,48,57)(H,49,59)(H4,35,36,50)(H4,37,38,51)(H4,39,40,52)(H4,41,42,53). The van der Waals surface area contributed by atoms with Crippen LogP contribution in [0.25, 0.3) is 0 Å². The number of benzene rings is 2. The summed E-state index contributed by atoms with van der Waals surface area (Å²) in [5.41, 5.74) is 54.6. The van der Waals surface area contributed by atoms with Crippen LogP contribution in [-0.2, 0) is 33.6 Å². The Morgan fingerprint density at radius 1 is 0.548 bits per heavy atom. The van der Waals surface area contributed by atoms with Crippen molar-refractivity contribution in [2.24, 2.45) is 82.3 Å². The molecule has 0 aliphatic heterocycles. The van der Waals surface area contributed by atoms with Crippen LogP contribution in [0.15, 0.2) is 79.6 Å². The van der Waals surface area contributed by atoms with Gasteiger partial charge >= 0.3 is 0 Å². The number of primary amides is 1. The third-order valence-corrected chi connectivity index (χ3v) is 7.22. The van der Waals surface area contributed by atoms with Gasteiger partial charge in [0.25, 0.3) is 35.4 Å². The van der Waals surface area contributed by atoms with Crippen LogP contribution in [0.1, 0.15) is 17.2 Å². The highest BCUT2D eigenvalue weighted by atomic mass is 16.5. The molecule has 30 heteroatoms. The van der Waals surface area contributed by atoms with Gasteiger partial charge in [0, 0.05) is 6.21 Å². The number of guanidine groups is 4. The SMILES string of the molecule is COc1ccc(C=NC(O)C(=O)NC(C(=O)NC(N=C(N)N)C(=O)NC(N=C(N)N)C(=O)NC(N=C(N)N)C(=O)NC(N=C(N)N)C(=O)NC(N)C(N)=O)c2ccccc2)cc1. The zero-order valence-corrected chi connectivity index (χ0v) is 32.5. The molecule has 2 aromatic carbocycles. The number of nitrogens with two attached hydrogens (primary N) is 10. The first-order valence-corrected chi connectivity index (χ1v) is 17.2. The molecule has 62 heavy (non-hydrogen) atoms. The van der Waals surface area contributed by atoms with E-state index in [1.165, 1.54) is 37.6 Å². The van der Waals surface area contributed by atoms with Crippen molar-refractivity contribution in [2.45, 2.75) is 43.1 Å². The quantitative estimate of drug-likeness (QED) is 0.0315. The lowest BCUT2D eigenvalue weighted by Crippen LogP contribution is -2.60. The van der Waals surface area contributed by atoms with Crippen LogP contribution in [0, 0.1) is 0 Å². The number of aliphatic hydroxyl groups excluding tert-OH is 1. The number of ether oxygens (including phenoxy) is 1. The Bertz CT molecular complexity index is 2080. The second-order valence-electron chi connectivity index (χ2n) is 12.0. The maximum Gasteiger partial charge on any atom is 0.272 e. The Morgan fingerprint density at radius 2 is 0.935 bits per heavy atom. The molecule has 2 aromatic rings. The van der Waals surface area contributed by atoms with Gasteiger partial charge < -0.3 is 99.1 Å². The van der Waals surface area contributed by atoms with Gasteiger partial charge in [-0.2, -0.15) is 0 Å². The van der Waals surface area contributed by atoms with E-state index in [2.05, 4.69) is 35.6 Å². The molecule has 7 atom stereocenters. The number of aliphatic imine (C=N–C) groups is 5. The maximum absolute atomic E-state index is 13.8. The van der Waals surface area contributed by atoms with E-state index in [-0.39, 0.29) is 5.56 Å². The second kappa shape index (κ2) is 23.6. The summed E-state index contributed by atoms with van der Waals surface area (Å²) in [7, 11) is 1.47. The Morgan fingerprint density at radius 3 is 1.31 bits per heavy atom. The summed E-state index contributed by atoms with van der Waals surface area (Å²) >= 11 is 0. The third-order valence-electron chi connectivity index (χ3n) is 7.22. The summed E-state index contributed by atoms with van der Waals surface area (Å²) in [5, 5.41) is 23.0. The Hall–Kier alpha value is -8.80. The number of methoxy groups -OCH3 is 1. The molecular formula is C32H47N21O9. The number of aliphatic hydroxyl groups is 1. The summed E-state index contributed by atoms with van der Waals surface area (Å²) in [6, 6.07) is 12.3. The minimum Gasteiger partial charge on any atom is -0.497 e. The molecule has 0 fully saturated rings. The predicted octanol–water partition coefficient (Wildman–Crippen LogP) is -9.96. The van der Waals surface area contributed by atoms with E-state index in [0.29, 0.717) is 11.3 Å². The molecule has 0 saturated carbocycles. The van der Waals surface area contributed by atoms with Gasteiger partial charge in [-0.15, -0.1) is 0 Å². The first kappa shape index (κ1) is 49.3. The fourth-order valence-corrected chi connectivity index (χ4v) is 4.46. The molecule has 7 unspecified atom stereocenters. The van der Waals surface area contributed by atoms with Crippen molar-refractivity contribution in [3.8, 4) is 5.75 Å². The van der Waals surface area contributed by atoms with E-state index < -0.39 is 108 Å². The van der Waals surface area contributed by atoms with E-state index >= 15 is 0 Å². The highest BCUT2D eigenvalue weighted by molar-refractivity contribution is 5.99. The van der Waals surface area contributed by atoms with E-state index in [0.717, 1.165) is 0 Å². The molecular weight excluding hydrogens is 822 g/mol. The molecule has 0 spiro atoms. The van der Waals surface area contributed by atoms with Crippen molar-refractivity contribution in [3.05, 3.63) is 65.7 Å². The summed E-state index contributed by atoms with van der Waals surface area (Å²) in [6.45, 7) is 0. The number of carbonyl (C=O) groups is 7.